The SMILES string of the molecule is CCC(CC)c1ccc(F)c(NC(=O)N(C)C(=O)NC)c1. The monoisotopic (exact) mass is 295 g/mol. The minimum atomic E-state index is -0.685. The van der Waals surface area contributed by atoms with Crippen molar-refractivity contribution in [1.29, 1.82) is 0 Å². The number of halogens is 1. The van der Waals surface area contributed by atoms with E-state index in [4.69, 9.17) is 0 Å². The highest BCUT2D eigenvalue weighted by atomic mass is 19.1. The number of carbonyl (C=O) groups is 2. The van der Waals surface area contributed by atoms with Crippen LogP contribution in [0, 0.1) is 5.82 Å². The Morgan fingerprint density at radius 3 is 2.38 bits per heavy atom. The summed E-state index contributed by atoms with van der Waals surface area (Å²) in [5.41, 5.74) is 1.06. The standard InChI is InChI=1S/C15H22FN3O2/c1-5-10(6-2)11-7-8-12(16)13(9-11)18-15(21)19(4)14(20)17-3/h7-10H,5-6H2,1-4H3,(H,17,20)(H,18,21). The van der Waals surface area contributed by atoms with Crippen LogP contribution < -0.4 is 10.6 Å². The van der Waals surface area contributed by atoms with Crippen molar-refractivity contribution in [3.63, 3.8) is 0 Å². The maximum atomic E-state index is 13.8. The van der Waals surface area contributed by atoms with Crippen molar-refractivity contribution >= 4 is 17.7 Å². The topological polar surface area (TPSA) is 61.4 Å². The van der Waals surface area contributed by atoms with Gasteiger partial charge in [-0.2, -0.15) is 0 Å². The summed E-state index contributed by atoms with van der Waals surface area (Å²) >= 11 is 0. The molecule has 1 aromatic carbocycles. The van der Waals surface area contributed by atoms with Gasteiger partial charge >= 0.3 is 12.1 Å². The van der Waals surface area contributed by atoms with Crippen LogP contribution in [0.2, 0.25) is 0 Å². The van der Waals surface area contributed by atoms with Crippen LogP contribution in [-0.4, -0.2) is 31.1 Å². The van der Waals surface area contributed by atoms with Crippen LogP contribution in [0.1, 0.15) is 38.2 Å². The molecule has 0 atom stereocenters. The van der Waals surface area contributed by atoms with E-state index < -0.39 is 17.9 Å². The van der Waals surface area contributed by atoms with Gasteiger partial charge in [0, 0.05) is 14.1 Å². The van der Waals surface area contributed by atoms with Crippen molar-refractivity contribution in [2.45, 2.75) is 32.6 Å². The number of benzene rings is 1. The van der Waals surface area contributed by atoms with E-state index in [1.54, 1.807) is 12.1 Å². The van der Waals surface area contributed by atoms with Gasteiger partial charge in [-0.25, -0.2) is 18.9 Å². The van der Waals surface area contributed by atoms with Crippen LogP contribution in [0.3, 0.4) is 0 Å². The minimum absolute atomic E-state index is 0.0835. The third kappa shape index (κ3) is 4.18. The lowest BCUT2D eigenvalue weighted by Crippen LogP contribution is -2.41. The number of rotatable bonds is 4. The molecule has 0 spiro atoms. The molecule has 0 unspecified atom stereocenters. The molecule has 0 bridgehead atoms. The van der Waals surface area contributed by atoms with Crippen LogP contribution in [0.15, 0.2) is 18.2 Å². The highest BCUT2D eigenvalue weighted by molar-refractivity contribution is 6.00. The lowest BCUT2D eigenvalue weighted by atomic mass is 9.93. The molecule has 6 heteroatoms. The van der Waals surface area contributed by atoms with E-state index in [0.29, 0.717) is 5.92 Å². The fourth-order valence-corrected chi connectivity index (χ4v) is 2.11. The Hall–Kier alpha value is -2.11. The smallest absolute Gasteiger partial charge is 0.329 e. The summed E-state index contributed by atoms with van der Waals surface area (Å²) in [4.78, 5) is 24.1. The van der Waals surface area contributed by atoms with Crippen LogP contribution in [0.5, 0.6) is 0 Å². The van der Waals surface area contributed by atoms with Crippen LogP contribution in [0.25, 0.3) is 0 Å². The first-order valence-corrected chi connectivity index (χ1v) is 7.00. The fourth-order valence-electron chi connectivity index (χ4n) is 2.11. The van der Waals surface area contributed by atoms with Gasteiger partial charge in [0.15, 0.2) is 0 Å². The zero-order chi connectivity index (χ0) is 16.0. The number of urea groups is 2. The zero-order valence-electron chi connectivity index (χ0n) is 12.9. The Labute approximate surface area is 124 Å². The Kier molecular flexibility index (Phi) is 6.14. The Morgan fingerprint density at radius 2 is 1.86 bits per heavy atom. The van der Waals surface area contributed by atoms with Crippen molar-refractivity contribution in [1.82, 2.24) is 10.2 Å². The maximum absolute atomic E-state index is 13.8. The number of nitrogens with zero attached hydrogens (tertiary/aromatic N) is 1. The molecule has 1 rings (SSSR count). The van der Waals surface area contributed by atoms with Gasteiger partial charge in [-0.05, 0) is 36.5 Å². The van der Waals surface area contributed by atoms with Gasteiger partial charge < -0.3 is 10.6 Å². The molecule has 0 aliphatic heterocycles. The van der Waals surface area contributed by atoms with Gasteiger partial charge in [-0.3, -0.25) is 0 Å². The highest BCUT2D eigenvalue weighted by Gasteiger charge is 2.18. The van der Waals surface area contributed by atoms with Gasteiger partial charge in [-0.15, -0.1) is 0 Å². The molecular formula is C15H22FN3O2. The number of amides is 4. The molecule has 0 aliphatic carbocycles. The Balaban J connectivity index is 2.95. The number of hydrogen-bond acceptors (Lipinski definition) is 2. The maximum Gasteiger partial charge on any atom is 0.329 e. The second kappa shape index (κ2) is 7.61. The van der Waals surface area contributed by atoms with Crippen molar-refractivity contribution < 1.29 is 14.0 Å². The van der Waals surface area contributed by atoms with E-state index in [1.807, 2.05) is 0 Å². The third-order valence-electron chi connectivity index (χ3n) is 3.51. The number of hydrogen-bond donors (Lipinski definition) is 2. The molecule has 116 valence electrons. The largest absolute Gasteiger partial charge is 0.341 e. The van der Waals surface area contributed by atoms with Gasteiger partial charge in [-0.1, -0.05) is 19.9 Å². The molecule has 0 aliphatic rings. The first-order valence-electron chi connectivity index (χ1n) is 7.00. The summed E-state index contributed by atoms with van der Waals surface area (Å²) in [5, 5.41) is 4.75. The number of imide groups is 1. The van der Waals surface area contributed by atoms with Gasteiger partial charge in [0.1, 0.15) is 5.82 Å². The van der Waals surface area contributed by atoms with Crippen molar-refractivity contribution in [3.05, 3.63) is 29.6 Å². The Morgan fingerprint density at radius 1 is 1.24 bits per heavy atom. The molecule has 0 radical (unpaired) electrons. The lowest BCUT2D eigenvalue weighted by molar-refractivity contribution is 0.203. The average Bonchev–Trinajstić information content (AvgIpc) is 2.49. The molecule has 1 aromatic rings. The molecule has 5 nitrogen and oxygen atoms in total. The predicted octanol–water partition coefficient (Wildman–Crippen LogP) is 3.53. The van der Waals surface area contributed by atoms with E-state index in [1.165, 1.54) is 20.2 Å². The molecule has 0 aromatic heterocycles. The molecule has 0 heterocycles. The highest BCUT2D eigenvalue weighted by Crippen LogP contribution is 2.27. The van der Waals surface area contributed by atoms with Crippen molar-refractivity contribution in [2.24, 2.45) is 0 Å². The molecule has 21 heavy (non-hydrogen) atoms. The van der Waals surface area contributed by atoms with E-state index in [2.05, 4.69) is 24.5 Å². The van der Waals surface area contributed by atoms with Gasteiger partial charge in [0.2, 0.25) is 0 Å². The number of carbonyl (C=O) groups excluding carboxylic acids is 2. The molecule has 4 amide bonds. The number of nitrogens with one attached hydrogen (secondary N) is 2. The van der Waals surface area contributed by atoms with E-state index in [0.717, 1.165) is 23.3 Å². The fraction of sp³-hybridized carbons (Fsp3) is 0.467. The summed E-state index contributed by atoms with van der Waals surface area (Å²) in [6, 6.07) is 3.44. The van der Waals surface area contributed by atoms with Crippen LogP contribution in [-0.2, 0) is 0 Å². The van der Waals surface area contributed by atoms with Crippen LogP contribution in [0.4, 0.5) is 19.7 Å². The van der Waals surface area contributed by atoms with Crippen molar-refractivity contribution in [3.8, 4) is 0 Å². The molecule has 0 saturated carbocycles. The van der Waals surface area contributed by atoms with Gasteiger partial charge in [0.25, 0.3) is 0 Å². The zero-order valence-corrected chi connectivity index (χ0v) is 12.9. The minimum Gasteiger partial charge on any atom is -0.341 e. The first-order chi connectivity index (χ1) is 9.94. The molecular weight excluding hydrogens is 273 g/mol. The molecule has 0 saturated heterocycles. The van der Waals surface area contributed by atoms with E-state index >= 15 is 0 Å². The average molecular weight is 295 g/mol. The molecule has 0 fully saturated rings. The Bertz CT molecular complexity index is 516. The second-order valence-corrected chi connectivity index (χ2v) is 4.80. The summed E-state index contributed by atoms with van der Waals surface area (Å²) in [6.07, 6.45) is 1.88. The van der Waals surface area contributed by atoms with Crippen LogP contribution >= 0.6 is 0 Å². The summed E-state index contributed by atoms with van der Waals surface area (Å²) < 4.78 is 13.8. The third-order valence-corrected chi connectivity index (χ3v) is 3.51. The molecule has 2 N–H and O–H groups in total. The summed E-state index contributed by atoms with van der Waals surface area (Å²) in [7, 11) is 2.73. The summed E-state index contributed by atoms with van der Waals surface area (Å²) in [6.45, 7) is 4.13. The van der Waals surface area contributed by atoms with Gasteiger partial charge in [0.05, 0.1) is 5.69 Å². The van der Waals surface area contributed by atoms with Crippen molar-refractivity contribution in [2.75, 3.05) is 19.4 Å². The normalized spacial score (nSPS) is 10.4. The van der Waals surface area contributed by atoms with E-state index in [9.17, 15) is 14.0 Å². The quantitative estimate of drug-likeness (QED) is 0.892. The number of anilines is 1. The first kappa shape index (κ1) is 16.9. The summed E-state index contributed by atoms with van der Waals surface area (Å²) in [5.74, 6) is -0.207. The predicted molar refractivity (Wildman–Crippen MR) is 81.0 cm³/mol. The lowest BCUT2D eigenvalue weighted by Gasteiger charge is -2.18. The van der Waals surface area contributed by atoms with E-state index in [-0.39, 0.29) is 5.69 Å². The second-order valence-electron chi connectivity index (χ2n) is 4.80.